The second kappa shape index (κ2) is 12.4. The van der Waals surface area contributed by atoms with Gasteiger partial charge in [-0.05, 0) is 13.8 Å². The standard InChI is InChI=1S/C20H25N9O6S4/c1-3-28(4-2)10(30)5-35-26-11(13-24-18(21)39-27-13)14(31)23-12-15(32)29-6-20(17(33)34,7-36-16(12)29)8-37-19-25-22-9-38-19/h9,12,16H,3-8H2,1-2H3,(H,23,31)(H,33,34)(H2,21,24,27)/t12?,16-,20?/m1/s1. The highest BCUT2D eigenvalue weighted by atomic mass is 32.2. The minimum Gasteiger partial charge on any atom is -0.481 e. The molecule has 0 aliphatic carbocycles. The Balaban J connectivity index is 1.42. The van der Waals surface area contributed by atoms with E-state index in [4.69, 9.17) is 10.6 Å². The second-order valence-electron chi connectivity index (χ2n) is 8.43. The largest absolute Gasteiger partial charge is 0.481 e. The summed E-state index contributed by atoms with van der Waals surface area (Å²) in [6.07, 6.45) is 0. The van der Waals surface area contributed by atoms with Gasteiger partial charge in [-0.2, -0.15) is 9.36 Å². The predicted octanol–water partition coefficient (Wildman–Crippen LogP) is -0.176. The van der Waals surface area contributed by atoms with E-state index in [-0.39, 0.29) is 40.6 Å². The number of β-lactam (4-membered cyclic amide) rings is 1. The van der Waals surface area contributed by atoms with Crippen molar-refractivity contribution in [2.75, 3.05) is 43.5 Å². The average molecular weight is 616 g/mol. The van der Waals surface area contributed by atoms with Crippen LogP contribution >= 0.6 is 46.4 Å². The van der Waals surface area contributed by atoms with Gasteiger partial charge in [-0.15, -0.1) is 22.0 Å². The van der Waals surface area contributed by atoms with Gasteiger partial charge in [0.1, 0.15) is 22.3 Å². The minimum atomic E-state index is -1.18. The minimum absolute atomic E-state index is 0.00128. The number of nitrogens with two attached hydrogens (primary N) is 1. The number of amides is 3. The summed E-state index contributed by atoms with van der Waals surface area (Å²) >= 11 is 4.71. The molecule has 4 N–H and O–H groups in total. The topological polar surface area (TPSA) is 206 Å². The van der Waals surface area contributed by atoms with Crippen LogP contribution in [0.25, 0.3) is 0 Å². The van der Waals surface area contributed by atoms with Crippen molar-refractivity contribution in [2.45, 2.75) is 29.6 Å². The van der Waals surface area contributed by atoms with Crippen molar-refractivity contribution in [1.29, 1.82) is 0 Å². The molecule has 39 heavy (non-hydrogen) atoms. The van der Waals surface area contributed by atoms with Crippen LogP contribution in [-0.4, -0.2) is 113 Å². The molecule has 2 aliphatic heterocycles. The van der Waals surface area contributed by atoms with E-state index in [2.05, 4.69) is 30.0 Å². The normalized spacial score (nSPS) is 22.6. The number of anilines is 1. The lowest BCUT2D eigenvalue weighted by atomic mass is 9.89. The number of nitrogen functional groups attached to an aromatic ring is 1. The van der Waals surface area contributed by atoms with Crippen molar-refractivity contribution < 1.29 is 29.1 Å². The zero-order valence-electron chi connectivity index (χ0n) is 20.8. The second-order valence-corrected chi connectivity index (χ2v) is 12.4. The Morgan fingerprint density at radius 3 is 2.77 bits per heavy atom. The smallest absolute Gasteiger partial charge is 0.313 e. The average Bonchev–Trinajstić information content (AvgIpc) is 3.60. The molecular weight excluding hydrogens is 591 g/mol. The first-order valence-corrected chi connectivity index (χ1v) is 15.3. The zero-order valence-corrected chi connectivity index (χ0v) is 24.1. The van der Waals surface area contributed by atoms with E-state index in [1.54, 1.807) is 10.4 Å². The lowest BCUT2D eigenvalue weighted by Gasteiger charge is -2.53. The van der Waals surface area contributed by atoms with Crippen LogP contribution in [-0.2, 0) is 24.0 Å². The van der Waals surface area contributed by atoms with E-state index in [1.165, 1.54) is 39.8 Å². The highest BCUT2D eigenvalue weighted by Gasteiger charge is 2.57. The molecule has 0 radical (unpaired) electrons. The van der Waals surface area contributed by atoms with Crippen molar-refractivity contribution in [3.8, 4) is 0 Å². The number of oxime groups is 1. The monoisotopic (exact) mass is 615 g/mol. The van der Waals surface area contributed by atoms with Crippen LogP contribution in [0.15, 0.2) is 15.0 Å². The van der Waals surface area contributed by atoms with Crippen LogP contribution < -0.4 is 11.1 Å². The first-order chi connectivity index (χ1) is 18.7. The molecule has 4 heterocycles. The van der Waals surface area contributed by atoms with E-state index in [9.17, 15) is 24.3 Å². The van der Waals surface area contributed by atoms with Crippen molar-refractivity contribution in [2.24, 2.45) is 10.6 Å². The first-order valence-electron chi connectivity index (χ1n) is 11.6. The summed E-state index contributed by atoms with van der Waals surface area (Å²) in [5.41, 5.74) is 5.71. The van der Waals surface area contributed by atoms with Gasteiger partial charge in [0.2, 0.25) is 17.4 Å². The molecule has 0 spiro atoms. The molecule has 0 saturated carbocycles. The summed E-state index contributed by atoms with van der Waals surface area (Å²) < 4.78 is 4.64. The van der Waals surface area contributed by atoms with Gasteiger partial charge in [0.05, 0.1) is 0 Å². The molecule has 2 aromatic heterocycles. The Morgan fingerprint density at radius 2 is 2.15 bits per heavy atom. The Hall–Kier alpha value is -3.03. The molecule has 2 aliphatic rings. The Bertz CT molecular complexity index is 1250. The van der Waals surface area contributed by atoms with E-state index < -0.39 is 41.2 Å². The van der Waals surface area contributed by atoms with E-state index in [1.807, 2.05) is 13.8 Å². The number of nitrogens with zero attached hydrogens (tertiary/aromatic N) is 7. The number of likely N-dealkylation sites (N-methyl/N-ethyl adjacent to an activating group) is 1. The fourth-order valence-corrected chi connectivity index (χ4v) is 7.66. The fourth-order valence-electron chi connectivity index (χ4n) is 3.88. The van der Waals surface area contributed by atoms with Gasteiger partial charge in [0.25, 0.3) is 11.8 Å². The number of rotatable bonds is 12. The summed E-state index contributed by atoms with van der Waals surface area (Å²) in [5, 5.41) is 23.7. The van der Waals surface area contributed by atoms with Gasteiger partial charge < -0.3 is 30.8 Å². The maximum atomic E-state index is 13.1. The molecule has 0 bridgehead atoms. The summed E-state index contributed by atoms with van der Waals surface area (Å²) in [5.74, 6) is -2.19. The van der Waals surface area contributed by atoms with Gasteiger partial charge >= 0.3 is 5.97 Å². The number of nitrogens with one attached hydrogen (secondary N) is 1. The molecule has 19 heteroatoms. The summed E-state index contributed by atoms with van der Waals surface area (Å²) in [4.78, 5) is 62.7. The van der Waals surface area contributed by atoms with Crippen LogP contribution in [0, 0.1) is 5.41 Å². The molecule has 3 amide bonds. The number of carboxylic acids is 1. The van der Waals surface area contributed by atoms with Crippen LogP contribution in [0.5, 0.6) is 0 Å². The van der Waals surface area contributed by atoms with Gasteiger partial charge in [0, 0.05) is 42.7 Å². The highest BCUT2D eigenvalue weighted by Crippen LogP contribution is 2.44. The molecule has 3 atom stereocenters. The number of thioether (sulfide) groups is 2. The van der Waals surface area contributed by atoms with Crippen LogP contribution in [0.3, 0.4) is 0 Å². The molecule has 0 aromatic carbocycles. The fraction of sp³-hybridized carbons (Fsp3) is 0.550. The number of fused-ring (bicyclic) bond motifs is 1. The van der Waals surface area contributed by atoms with Crippen molar-refractivity contribution in [3.63, 3.8) is 0 Å². The molecular formula is C20H25N9O6S4. The molecule has 2 saturated heterocycles. The first kappa shape index (κ1) is 29.0. The molecule has 2 aromatic rings. The number of carbonyl (C=O) groups excluding carboxylic acids is 3. The lowest BCUT2D eigenvalue weighted by Crippen LogP contribution is -2.74. The van der Waals surface area contributed by atoms with E-state index in [0.717, 1.165) is 11.5 Å². The van der Waals surface area contributed by atoms with Gasteiger partial charge in [0.15, 0.2) is 16.1 Å². The summed E-state index contributed by atoms with van der Waals surface area (Å²) in [6.45, 7) is 4.22. The summed E-state index contributed by atoms with van der Waals surface area (Å²) in [6, 6.07) is -0.913. The van der Waals surface area contributed by atoms with Gasteiger partial charge in [-0.25, -0.2) is 0 Å². The Kier molecular flexibility index (Phi) is 9.23. The third kappa shape index (κ3) is 6.25. The van der Waals surface area contributed by atoms with E-state index in [0.29, 0.717) is 17.4 Å². The third-order valence-corrected chi connectivity index (χ3v) is 10.3. The van der Waals surface area contributed by atoms with E-state index >= 15 is 0 Å². The maximum absolute atomic E-state index is 13.1. The van der Waals surface area contributed by atoms with Crippen LogP contribution in [0.2, 0.25) is 0 Å². The van der Waals surface area contributed by atoms with Gasteiger partial charge in [-0.3, -0.25) is 19.2 Å². The van der Waals surface area contributed by atoms with Crippen molar-refractivity contribution >= 4 is 80.9 Å². The van der Waals surface area contributed by atoms with Gasteiger partial charge in [-0.1, -0.05) is 28.3 Å². The third-order valence-electron chi connectivity index (χ3n) is 6.03. The number of carboxylic acid groups (broad SMARTS) is 1. The lowest BCUT2D eigenvalue weighted by molar-refractivity contribution is -0.157. The van der Waals surface area contributed by atoms with Crippen molar-refractivity contribution in [1.82, 2.24) is 34.7 Å². The summed E-state index contributed by atoms with van der Waals surface area (Å²) in [7, 11) is 0. The van der Waals surface area contributed by atoms with Crippen LogP contribution in [0.4, 0.5) is 5.13 Å². The quantitative estimate of drug-likeness (QED) is 0.123. The molecule has 210 valence electrons. The Morgan fingerprint density at radius 1 is 1.38 bits per heavy atom. The Labute approximate surface area is 239 Å². The van der Waals surface area contributed by atoms with Crippen molar-refractivity contribution in [3.05, 3.63) is 11.3 Å². The number of aromatic nitrogens is 4. The highest BCUT2D eigenvalue weighted by molar-refractivity contribution is 8.01. The van der Waals surface area contributed by atoms with Crippen LogP contribution in [0.1, 0.15) is 19.7 Å². The SMILES string of the molecule is CCN(CC)C(=O)CON=C(C(=O)NC1C(=O)N2CC(CSc3nncs3)(C(=O)O)CS[C@H]12)c1nsc(N)n1. The number of hydrogen-bond donors (Lipinski definition) is 3. The molecule has 2 unspecified atom stereocenters. The molecule has 2 fully saturated rings. The molecule has 15 nitrogen and oxygen atoms in total. The number of aliphatic carboxylic acids is 1. The molecule has 4 rings (SSSR count). The predicted molar refractivity (Wildman–Crippen MR) is 145 cm³/mol. The maximum Gasteiger partial charge on any atom is 0.313 e. The number of carbonyl (C=O) groups is 4. The zero-order chi connectivity index (χ0) is 28.2. The number of hydrogen-bond acceptors (Lipinski definition) is 15.